The highest BCUT2D eigenvalue weighted by molar-refractivity contribution is 5.78. The lowest BCUT2D eigenvalue weighted by Gasteiger charge is -2.36. The molecular formula is C23H29N3O4. The lowest BCUT2D eigenvalue weighted by atomic mass is 9.96. The first kappa shape index (κ1) is 21.9. The SMILES string of the molecule is C[C@H](NC(=O)C[C@H]1CC[C@@H](NC(=O)Cc2ccccn2)[C@H](CO)O1)c1ccccc1. The Morgan fingerprint density at radius 3 is 2.60 bits per heavy atom. The van der Waals surface area contributed by atoms with Gasteiger partial charge in [0.1, 0.15) is 6.10 Å². The van der Waals surface area contributed by atoms with Crippen molar-refractivity contribution in [1.82, 2.24) is 15.6 Å². The van der Waals surface area contributed by atoms with E-state index in [2.05, 4.69) is 15.6 Å². The molecule has 1 aromatic heterocycles. The van der Waals surface area contributed by atoms with Gasteiger partial charge in [0.2, 0.25) is 11.8 Å². The first-order valence-electron chi connectivity index (χ1n) is 10.3. The Balaban J connectivity index is 1.46. The van der Waals surface area contributed by atoms with E-state index in [4.69, 9.17) is 4.74 Å². The van der Waals surface area contributed by atoms with Crippen LogP contribution in [0.1, 0.15) is 43.5 Å². The fourth-order valence-electron chi connectivity index (χ4n) is 3.70. The van der Waals surface area contributed by atoms with Crippen LogP contribution in [0.15, 0.2) is 54.7 Å². The molecule has 1 fully saturated rings. The molecule has 2 aromatic rings. The number of hydrogen-bond acceptors (Lipinski definition) is 5. The lowest BCUT2D eigenvalue weighted by Crippen LogP contribution is -2.51. The minimum absolute atomic E-state index is 0.0884. The largest absolute Gasteiger partial charge is 0.394 e. The van der Waals surface area contributed by atoms with Gasteiger partial charge in [0, 0.05) is 11.9 Å². The van der Waals surface area contributed by atoms with Gasteiger partial charge in [-0.05, 0) is 37.5 Å². The number of carbonyl (C=O) groups is 2. The molecule has 3 N–H and O–H groups in total. The Bertz CT molecular complexity index is 816. The molecule has 1 aromatic carbocycles. The van der Waals surface area contributed by atoms with E-state index in [1.54, 1.807) is 18.3 Å². The average molecular weight is 412 g/mol. The maximum Gasteiger partial charge on any atom is 0.226 e. The number of aliphatic hydroxyl groups excluding tert-OH is 1. The molecule has 4 atom stereocenters. The van der Waals surface area contributed by atoms with Gasteiger partial charge in [-0.3, -0.25) is 14.6 Å². The topological polar surface area (TPSA) is 101 Å². The van der Waals surface area contributed by atoms with Gasteiger partial charge >= 0.3 is 0 Å². The fourth-order valence-corrected chi connectivity index (χ4v) is 3.70. The Morgan fingerprint density at radius 2 is 1.90 bits per heavy atom. The van der Waals surface area contributed by atoms with Crippen molar-refractivity contribution in [1.29, 1.82) is 0 Å². The molecule has 0 radical (unpaired) electrons. The van der Waals surface area contributed by atoms with Crippen LogP contribution in [0.25, 0.3) is 0 Å². The van der Waals surface area contributed by atoms with E-state index in [-0.39, 0.29) is 49.5 Å². The van der Waals surface area contributed by atoms with E-state index in [0.717, 1.165) is 5.56 Å². The molecule has 0 saturated carbocycles. The summed E-state index contributed by atoms with van der Waals surface area (Å²) in [5.74, 6) is -0.251. The lowest BCUT2D eigenvalue weighted by molar-refractivity contribution is -0.136. The number of pyridine rings is 1. The number of nitrogens with zero attached hydrogens (tertiary/aromatic N) is 1. The summed E-state index contributed by atoms with van der Waals surface area (Å²) >= 11 is 0. The predicted molar refractivity (Wildman–Crippen MR) is 112 cm³/mol. The van der Waals surface area contributed by atoms with Gasteiger partial charge < -0.3 is 20.5 Å². The molecule has 7 nitrogen and oxygen atoms in total. The number of rotatable bonds is 8. The molecule has 0 aliphatic carbocycles. The quantitative estimate of drug-likeness (QED) is 0.616. The van der Waals surface area contributed by atoms with Crippen LogP contribution >= 0.6 is 0 Å². The number of ether oxygens (including phenoxy) is 1. The zero-order chi connectivity index (χ0) is 21.3. The van der Waals surface area contributed by atoms with Crippen LogP contribution < -0.4 is 10.6 Å². The molecule has 2 heterocycles. The maximum atomic E-state index is 12.4. The maximum absolute atomic E-state index is 12.4. The molecule has 0 bridgehead atoms. The van der Waals surface area contributed by atoms with Crippen LogP contribution in [0.5, 0.6) is 0 Å². The second-order valence-corrected chi connectivity index (χ2v) is 7.63. The number of amides is 2. The molecule has 7 heteroatoms. The van der Waals surface area contributed by atoms with Gasteiger partial charge in [0.25, 0.3) is 0 Å². The van der Waals surface area contributed by atoms with Crippen molar-refractivity contribution in [3.8, 4) is 0 Å². The summed E-state index contributed by atoms with van der Waals surface area (Å²) in [6.45, 7) is 1.73. The van der Waals surface area contributed by atoms with E-state index >= 15 is 0 Å². The summed E-state index contributed by atoms with van der Waals surface area (Å²) in [5.41, 5.74) is 1.73. The molecule has 2 amide bonds. The van der Waals surface area contributed by atoms with Gasteiger partial charge in [-0.2, -0.15) is 0 Å². The first-order chi connectivity index (χ1) is 14.5. The van der Waals surface area contributed by atoms with Crippen molar-refractivity contribution in [2.24, 2.45) is 0 Å². The van der Waals surface area contributed by atoms with Crippen LogP contribution in [0.4, 0.5) is 0 Å². The van der Waals surface area contributed by atoms with Crippen LogP contribution in [0.2, 0.25) is 0 Å². The molecule has 1 aliphatic heterocycles. The third-order valence-corrected chi connectivity index (χ3v) is 5.30. The second-order valence-electron chi connectivity index (χ2n) is 7.63. The van der Waals surface area contributed by atoms with Crippen LogP contribution in [-0.4, -0.2) is 46.8 Å². The van der Waals surface area contributed by atoms with Crippen molar-refractivity contribution < 1.29 is 19.4 Å². The second kappa shape index (κ2) is 10.8. The van der Waals surface area contributed by atoms with E-state index in [1.807, 2.05) is 43.3 Å². The van der Waals surface area contributed by atoms with Gasteiger partial charge in [-0.15, -0.1) is 0 Å². The fraction of sp³-hybridized carbons (Fsp3) is 0.435. The zero-order valence-corrected chi connectivity index (χ0v) is 17.2. The number of carbonyl (C=O) groups excluding carboxylic acids is 2. The highest BCUT2D eigenvalue weighted by Crippen LogP contribution is 2.22. The zero-order valence-electron chi connectivity index (χ0n) is 17.2. The Hall–Kier alpha value is -2.77. The third kappa shape index (κ3) is 6.37. The Morgan fingerprint density at radius 1 is 1.13 bits per heavy atom. The van der Waals surface area contributed by atoms with E-state index in [9.17, 15) is 14.7 Å². The number of aromatic nitrogens is 1. The summed E-state index contributed by atoms with van der Waals surface area (Å²) in [7, 11) is 0. The van der Waals surface area contributed by atoms with Crippen molar-refractivity contribution in [2.75, 3.05) is 6.61 Å². The summed E-state index contributed by atoms with van der Waals surface area (Å²) < 4.78 is 5.92. The molecule has 3 rings (SSSR count). The smallest absolute Gasteiger partial charge is 0.226 e. The Labute approximate surface area is 176 Å². The van der Waals surface area contributed by atoms with Crippen LogP contribution in [0, 0.1) is 0 Å². The molecule has 30 heavy (non-hydrogen) atoms. The number of hydrogen-bond donors (Lipinski definition) is 3. The minimum atomic E-state index is -0.532. The van der Waals surface area contributed by atoms with Crippen LogP contribution in [0.3, 0.4) is 0 Å². The van der Waals surface area contributed by atoms with Crippen molar-refractivity contribution in [2.45, 2.75) is 56.9 Å². The highest BCUT2D eigenvalue weighted by atomic mass is 16.5. The standard InChI is InChI=1S/C23H29N3O4/c1-16(17-7-3-2-4-8-17)25-23(29)14-19-10-11-20(21(15-27)30-19)26-22(28)13-18-9-5-6-12-24-18/h2-9,12,16,19-21,27H,10-11,13-15H2,1H3,(H,25,29)(H,26,28)/t16-,19+,20+,21-/m0/s1. The van der Waals surface area contributed by atoms with E-state index in [1.165, 1.54) is 0 Å². The van der Waals surface area contributed by atoms with Gasteiger partial charge in [-0.1, -0.05) is 36.4 Å². The molecule has 0 spiro atoms. The van der Waals surface area contributed by atoms with Crippen LogP contribution in [-0.2, 0) is 20.7 Å². The van der Waals surface area contributed by atoms with E-state index in [0.29, 0.717) is 18.5 Å². The molecule has 1 aliphatic rings. The summed E-state index contributed by atoms with van der Waals surface area (Å²) in [5, 5.41) is 15.6. The number of nitrogens with one attached hydrogen (secondary N) is 2. The molecular weight excluding hydrogens is 382 g/mol. The monoisotopic (exact) mass is 411 g/mol. The van der Waals surface area contributed by atoms with Gasteiger partial charge in [-0.25, -0.2) is 0 Å². The minimum Gasteiger partial charge on any atom is -0.394 e. The Kier molecular flexibility index (Phi) is 7.93. The van der Waals surface area contributed by atoms with Gasteiger partial charge in [0.15, 0.2) is 0 Å². The van der Waals surface area contributed by atoms with Crippen molar-refractivity contribution in [3.05, 3.63) is 66.0 Å². The normalized spacial score (nSPS) is 22.1. The summed E-state index contributed by atoms with van der Waals surface area (Å²) in [4.78, 5) is 28.9. The van der Waals surface area contributed by atoms with E-state index < -0.39 is 6.10 Å². The van der Waals surface area contributed by atoms with Gasteiger partial charge in [0.05, 0.1) is 37.6 Å². The van der Waals surface area contributed by atoms with Crippen molar-refractivity contribution >= 4 is 11.8 Å². The molecule has 1 saturated heterocycles. The summed E-state index contributed by atoms with van der Waals surface area (Å²) in [6, 6.07) is 14.8. The molecule has 0 unspecified atom stereocenters. The van der Waals surface area contributed by atoms with Crippen molar-refractivity contribution in [3.63, 3.8) is 0 Å². The highest BCUT2D eigenvalue weighted by Gasteiger charge is 2.33. The average Bonchev–Trinajstić information content (AvgIpc) is 2.76. The number of benzene rings is 1. The predicted octanol–water partition coefficient (Wildman–Crippen LogP) is 1.92. The number of aliphatic hydroxyl groups is 1. The third-order valence-electron chi connectivity index (χ3n) is 5.30. The summed E-state index contributed by atoms with van der Waals surface area (Å²) in [6.07, 6.45) is 2.52. The first-order valence-corrected chi connectivity index (χ1v) is 10.3. The molecule has 160 valence electrons.